The Morgan fingerprint density at radius 3 is 2.84 bits per heavy atom. The van der Waals surface area contributed by atoms with Crippen LogP contribution in [-0.2, 0) is 13.0 Å². The Kier molecular flexibility index (Phi) is 4.16. The Hall–Kier alpha value is -1.88. The summed E-state index contributed by atoms with van der Waals surface area (Å²) in [4.78, 5) is 15.3. The largest absolute Gasteiger partial charge is 0.482 e. The van der Waals surface area contributed by atoms with E-state index in [9.17, 15) is 4.79 Å². The van der Waals surface area contributed by atoms with Crippen molar-refractivity contribution in [3.63, 3.8) is 0 Å². The Balaban J connectivity index is 2.05. The summed E-state index contributed by atoms with van der Waals surface area (Å²) in [7, 11) is 0. The van der Waals surface area contributed by atoms with Gasteiger partial charge in [-0.05, 0) is 25.1 Å². The van der Waals surface area contributed by atoms with Crippen molar-refractivity contribution in [2.24, 2.45) is 0 Å². The molecule has 0 saturated carbocycles. The van der Waals surface area contributed by atoms with Crippen molar-refractivity contribution >= 4 is 17.4 Å². The van der Waals surface area contributed by atoms with Crippen LogP contribution in [-0.4, -0.2) is 15.9 Å². The lowest BCUT2D eigenvalue weighted by atomic mass is 10.1. The summed E-state index contributed by atoms with van der Waals surface area (Å²) in [5.41, 5.74) is 0.545. The highest BCUT2D eigenvalue weighted by molar-refractivity contribution is 6.32. The minimum absolute atomic E-state index is 0.0436. The molecule has 19 heavy (non-hydrogen) atoms. The van der Waals surface area contributed by atoms with Gasteiger partial charge in [-0.25, -0.2) is 0 Å². The first-order valence-electron chi connectivity index (χ1n) is 5.85. The van der Waals surface area contributed by atoms with Crippen molar-refractivity contribution in [1.29, 1.82) is 0 Å². The first kappa shape index (κ1) is 13.5. The van der Waals surface area contributed by atoms with E-state index >= 15 is 0 Å². The SMILES string of the molecule is CCc1noc(COc2ccc(C(C)=O)cc2Cl)n1. The number of hydrogen-bond donors (Lipinski definition) is 0. The molecule has 0 atom stereocenters. The summed E-state index contributed by atoms with van der Waals surface area (Å²) in [6.07, 6.45) is 0.706. The van der Waals surface area contributed by atoms with Crippen LogP contribution in [0.5, 0.6) is 5.75 Å². The quantitative estimate of drug-likeness (QED) is 0.788. The van der Waals surface area contributed by atoms with Gasteiger partial charge < -0.3 is 9.26 Å². The Morgan fingerprint density at radius 1 is 1.47 bits per heavy atom. The molecule has 0 aliphatic rings. The summed E-state index contributed by atoms with van der Waals surface area (Å²) in [6, 6.07) is 4.88. The fraction of sp³-hybridized carbons (Fsp3) is 0.308. The number of ketones is 1. The average Bonchev–Trinajstić information content (AvgIpc) is 2.85. The standard InChI is InChI=1S/C13H13ClN2O3/c1-3-12-15-13(19-16-12)7-18-11-5-4-9(8(2)17)6-10(11)14/h4-6H,3,7H2,1-2H3. The van der Waals surface area contributed by atoms with Crippen LogP contribution < -0.4 is 4.74 Å². The maximum atomic E-state index is 11.2. The van der Waals surface area contributed by atoms with E-state index in [2.05, 4.69) is 10.1 Å². The van der Waals surface area contributed by atoms with E-state index in [0.717, 1.165) is 0 Å². The number of carbonyl (C=O) groups is 1. The molecule has 0 spiro atoms. The summed E-state index contributed by atoms with van der Waals surface area (Å²) >= 11 is 6.03. The maximum absolute atomic E-state index is 11.2. The fourth-order valence-electron chi connectivity index (χ4n) is 1.47. The molecular formula is C13H13ClN2O3. The number of nitrogens with zero attached hydrogens (tertiary/aromatic N) is 2. The van der Waals surface area contributed by atoms with Crippen LogP contribution in [0, 0.1) is 0 Å². The van der Waals surface area contributed by atoms with Gasteiger partial charge in [0, 0.05) is 12.0 Å². The number of aryl methyl sites for hydroxylation is 1. The second-order valence-electron chi connectivity index (χ2n) is 3.95. The van der Waals surface area contributed by atoms with Gasteiger partial charge in [-0.3, -0.25) is 4.79 Å². The summed E-state index contributed by atoms with van der Waals surface area (Å²) in [5.74, 6) is 1.46. The predicted octanol–water partition coefficient (Wildman–Crippen LogP) is 3.07. The lowest BCUT2D eigenvalue weighted by Crippen LogP contribution is -1.98. The first-order chi connectivity index (χ1) is 9.10. The number of carbonyl (C=O) groups excluding carboxylic acids is 1. The van der Waals surface area contributed by atoms with E-state index in [1.165, 1.54) is 6.92 Å². The molecule has 100 valence electrons. The molecule has 5 nitrogen and oxygen atoms in total. The highest BCUT2D eigenvalue weighted by atomic mass is 35.5. The van der Waals surface area contributed by atoms with Gasteiger partial charge in [0.15, 0.2) is 18.2 Å². The third kappa shape index (κ3) is 3.32. The van der Waals surface area contributed by atoms with Crippen LogP contribution in [0.1, 0.15) is 35.9 Å². The number of rotatable bonds is 5. The van der Waals surface area contributed by atoms with Gasteiger partial charge in [0.1, 0.15) is 5.75 Å². The molecular weight excluding hydrogens is 268 g/mol. The fourth-order valence-corrected chi connectivity index (χ4v) is 1.70. The Morgan fingerprint density at radius 2 is 2.26 bits per heavy atom. The van der Waals surface area contributed by atoms with Gasteiger partial charge in [-0.15, -0.1) is 0 Å². The molecule has 0 amide bonds. The van der Waals surface area contributed by atoms with Crippen molar-refractivity contribution < 1.29 is 14.1 Å². The molecule has 2 rings (SSSR count). The van der Waals surface area contributed by atoms with Gasteiger partial charge in [-0.1, -0.05) is 23.7 Å². The number of aromatic nitrogens is 2. The van der Waals surface area contributed by atoms with E-state index < -0.39 is 0 Å². The van der Waals surface area contributed by atoms with Gasteiger partial charge in [0.2, 0.25) is 0 Å². The predicted molar refractivity (Wildman–Crippen MR) is 69.5 cm³/mol. The lowest BCUT2D eigenvalue weighted by Gasteiger charge is -2.06. The van der Waals surface area contributed by atoms with E-state index in [1.807, 2.05) is 6.92 Å². The summed E-state index contributed by atoms with van der Waals surface area (Å²) in [6.45, 7) is 3.57. The molecule has 1 aromatic carbocycles. The Bertz CT molecular complexity index is 595. The van der Waals surface area contributed by atoms with Crippen LogP contribution in [0.2, 0.25) is 5.02 Å². The van der Waals surface area contributed by atoms with Gasteiger partial charge >= 0.3 is 0 Å². The van der Waals surface area contributed by atoms with Crippen LogP contribution in [0.25, 0.3) is 0 Å². The number of Topliss-reactive ketones (excluding diaryl/α,β-unsaturated/α-hetero) is 1. The molecule has 6 heteroatoms. The monoisotopic (exact) mass is 280 g/mol. The molecule has 0 radical (unpaired) electrons. The third-order valence-corrected chi connectivity index (χ3v) is 2.81. The second-order valence-corrected chi connectivity index (χ2v) is 4.36. The van der Waals surface area contributed by atoms with Crippen LogP contribution >= 0.6 is 11.6 Å². The minimum atomic E-state index is -0.0436. The van der Waals surface area contributed by atoms with Crippen LogP contribution in [0.4, 0.5) is 0 Å². The highest BCUT2D eigenvalue weighted by Gasteiger charge is 2.09. The molecule has 1 heterocycles. The zero-order valence-electron chi connectivity index (χ0n) is 10.6. The topological polar surface area (TPSA) is 65.2 Å². The zero-order valence-corrected chi connectivity index (χ0v) is 11.4. The maximum Gasteiger partial charge on any atom is 0.264 e. The third-order valence-electron chi connectivity index (χ3n) is 2.52. The van der Waals surface area contributed by atoms with Crippen molar-refractivity contribution in [2.45, 2.75) is 26.9 Å². The first-order valence-corrected chi connectivity index (χ1v) is 6.22. The van der Waals surface area contributed by atoms with Gasteiger partial charge in [0.05, 0.1) is 5.02 Å². The van der Waals surface area contributed by atoms with Crippen LogP contribution in [0.15, 0.2) is 22.7 Å². The van der Waals surface area contributed by atoms with Crippen molar-refractivity contribution in [3.05, 3.63) is 40.5 Å². The van der Waals surface area contributed by atoms with Crippen molar-refractivity contribution in [1.82, 2.24) is 10.1 Å². The molecule has 0 saturated heterocycles. The number of ether oxygens (including phenoxy) is 1. The van der Waals surface area contributed by atoms with E-state index in [4.69, 9.17) is 20.9 Å². The highest BCUT2D eigenvalue weighted by Crippen LogP contribution is 2.26. The molecule has 1 aromatic heterocycles. The minimum Gasteiger partial charge on any atom is -0.482 e. The second kappa shape index (κ2) is 5.84. The molecule has 0 N–H and O–H groups in total. The Labute approximate surface area is 115 Å². The molecule has 0 unspecified atom stereocenters. The van der Waals surface area contributed by atoms with E-state index in [0.29, 0.717) is 34.5 Å². The number of hydrogen-bond acceptors (Lipinski definition) is 5. The molecule has 0 fully saturated rings. The van der Waals surface area contributed by atoms with Crippen molar-refractivity contribution in [2.75, 3.05) is 0 Å². The molecule has 0 aliphatic carbocycles. The lowest BCUT2D eigenvalue weighted by molar-refractivity contribution is 0.101. The average molecular weight is 281 g/mol. The van der Waals surface area contributed by atoms with Gasteiger partial charge in [-0.2, -0.15) is 4.98 Å². The normalized spacial score (nSPS) is 10.5. The summed E-state index contributed by atoms with van der Waals surface area (Å²) < 4.78 is 10.5. The van der Waals surface area contributed by atoms with E-state index in [-0.39, 0.29) is 12.4 Å². The molecule has 0 bridgehead atoms. The number of benzene rings is 1. The molecule has 0 aliphatic heterocycles. The molecule has 2 aromatic rings. The number of halogens is 1. The summed E-state index contributed by atoms with van der Waals surface area (Å²) in [5, 5.41) is 4.14. The zero-order chi connectivity index (χ0) is 13.8. The van der Waals surface area contributed by atoms with Crippen LogP contribution in [0.3, 0.4) is 0 Å². The van der Waals surface area contributed by atoms with Crippen molar-refractivity contribution in [3.8, 4) is 5.75 Å². The van der Waals surface area contributed by atoms with Gasteiger partial charge in [0.25, 0.3) is 5.89 Å². The van der Waals surface area contributed by atoms with E-state index in [1.54, 1.807) is 18.2 Å². The smallest absolute Gasteiger partial charge is 0.264 e.